The van der Waals surface area contributed by atoms with Crippen LogP contribution in [0.4, 0.5) is 0 Å². The molecule has 0 aliphatic carbocycles. The molecule has 4 rings (SSSR count). The van der Waals surface area contributed by atoms with Gasteiger partial charge in [0.25, 0.3) is 0 Å². The van der Waals surface area contributed by atoms with Gasteiger partial charge in [0.15, 0.2) is 11.5 Å². The van der Waals surface area contributed by atoms with Crippen molar-refractivity contribution < 1.29 is 24.1 Å². The molecule has 34 heavy (non-hydrogen) atoms. The summed E-state index contributed by atoms with van der Waals surface area (Å²) in [7, 11) is 1.57. The lowest BCUT2D eigenvalue weighted by atomic mass is 10.00. The highest BCUT2D eigenvalue weighted by Gasteiger charge is 2.30. The number of rotatable bonds is 9. The number of methoxy groups -OCH3 is 1. The van der Waals surface area contributed by atoms with Crippen LogP contribution < -0.4 is 19.5 Å². The molecule has 1 unspecified atom stereocenters. The Kier molecular flexibility index (Phi) is 8.19. The van der Waals surface area contributed by atoms with Crippen LogP contribution in [0.3, 0.4) is 0 Å². The van der Waals surface area contributed by atoms with Gasteiger partial charge < -0.3 is 24.6 Å². The van der Waals surface area contributed by atoms with Crippen molar-refractivity contribution in [1.29, 1.82) is 0 Å². The number of ether oxygens (including phenoxy) is 3. The number of likely N-dealkylation sites (tertiary alicyclic amines) is 1. The quantitative estimate of drug-likeness (QED) is 0.559. The Morgan fingerprint density at radius 2 is 2.03 bits per heavy atom. The number of aliphatic hydroxyl groups excluding tert-OH is 1. The van der Waals surface area contributed by atoms with Gasteiger partial charge in [0.05, 0.1) is 18.2 Å². The molecule has 2 aromatic rings. The zero-order valence-corrected chi connectivity index (χ0v) is 20.5. The van der Waals surface area contributed by atoms with Gasteiger partial charge in [-0.1, -0.05) is 23.7 Å². The molecule has 2 aliphatic heterocycles. The maximum atomic E-state index is 12.9. The van der Waals surface area contributed by atoms with Crippen molar-refractivity contribution in [3.05, 3.63) is 52.5 Å². The van der Waals surface area contributed by atoms with E-state index in [1.165, 1.54) is 0 Å². The molecule has 8 heteroatoms. The zero-order valence-electron chi connectivity index (χ0n) is 19.8. The van der Waals surface area contributed by atoms with E-state index in [1.807, 2.05) is 30.3 Å². The van der Waals surface area contributed by atoms with Crippen LogP contribution in [-0.4, -0.2) is 61.4 Å². The van der Waals surface area contributed by atoms with Crippen LogP contribution in [0.5, 0.6) is 17.2 Å². The molecule has 184 valence electrons. The van der Waals surface area contributed by atoms with Crippen molar-refractivity contribution in [1.82, 2.24) is 10.2 Å². The average molecular weight is 489 g/mol. The lowest BCUT2D eigenvalue weighted by Gasteiger charge is -2.31. The second-order valence-corrected chi connectivity index (χ2v) is 9.38. The predicted molar refractivity (Wildman–Crippen MR) is 131 cm³/mol. The van der Waals surface area contributed by atoms with Gasteiger partial charge in [0.1, 0.15) is 25.1 Å². The molecular formula is C26H33ClN2O5. The van der Waals surface area contributed by atoms with Gasteiger partial charge in [-0.15, -0.1) is 0 Å². The first kappa shape index (κ1) is 24.6. The number of hydrogen-bond donors (Lipinski definition) is 2. The molecule has 2 aliphatic rings. The Bertz CT molecular complexity index is 1000. The molecule has 0 radical (unpaired) electrons. The maximum absolute atomic E-state index is 12.9. The van der Waals surface area contributed by atoms with E-state index in [0.29, 0.717) is 66.5 Å². The van der Waals surface area contributed by atoms with Crippen LogP contribution in [0.25, 0.3) is 0 Å². The molecule has 3 atom stereocenters. The molecule has 0 spiro atoms. The predicted octanol–water partition coefficient (Wildman–Crippen LogP) is 3.76. The van der Waals surface area contributed by atoms with Crippen LogP contribution in [0.2, 0.25) is 5.02 Å². The van der Waals surface area contributed by atoms with E-state index in [4.69, 9.17) is 25.8 Å². The highest BCUT2D eigenvalue weighted by molar-refractivity contribution is 6.32. The summed E-state index contributed by atoms with van der Waals surface area (Å²) >= 11 is 6.21. The normalized spacial score (nSPS) is 19.5. The number of benzene rings is 2. The summed E-state index contributed by atoms with van der Waals surface area (Å²) < 4.78 is 16.5. The minimum Gasteiger partial charge on any atom is -0.495 e. The van der Waals surface area contributed by atoms with E-state index in [9.17, 15) is 9.90 Å². The molecule has 1 saturated heterocycles. The zero-order chi connectivity index (χ0) is 24.1. The summed E-state index contributed by atoms with van der Waals surface area (Å²) in [6.07, 6.45) is 2.22. The fourth-order valence-electron chi connectivity index (χ4n) is 4.62. The molecule has 0 saturated carbocycles. The standard InChI is InChI=1S/C26H33ClN2O5/c1-17-4-3-11-29(17)16-21(26(31)19-7-9-23-24(15-19)34-13-12-33-23)28-25(30)10-6-18-5-8-22(32-2)20(27)14-18/h5,7-9,14-15,17,21,26,31H,3-4,6,10-13,16H2,1-2H3,(H,28,30)/t17?,21-,26-/m1/s1. The molecular weight excluding hydrogens is 456 g/mol. The molecule has 0 aromatic heterocycles. The van der Waals surface area contributed by atoms with Crippen molar-refractivity contribution in [2.24, 2.45) is 0 Å². The second kappa shape index (κ2) is 11.3. The van der Waals surface area contributed by atoms with Gasteiger partial charge in [-0.25, -0.2) is 0 Å². The molecule has 1 fully saturated rings. The first-order valence-electron chi connectivity index (χ1n) is 11.9. The third kappa shape index (κ3) is 5.95. The van der Waals surface area contributed by atoms with E-state index in [1.54, 1.807) is 13.2 Å². The largest absolute Gasteiger partial charge is 0.495 e. The van der Waals surface area contributed by atoms with Crippen molar-refractivity contribution in [2.45, 2.75) is 50.8 Å². The number of aryl methyl sites for hydroxylation is 1. The lowest BCUT2D eigenvalue weighted by molar-refractivity contribution is -0.122. The number of amides is 1. The Balaban J connectivity index is 1.44. The highest BCUT2D eigenvalue weighted by atomic mass is 35.5. The third-order valence-corrected chi connectivity index (χ3v) is 6.91. The van der Waals surface area contributed by atoms with Crippen molar-refractivity contribution in [2.75, 3.05) is 33.4 Å². The molecule has 0 bridgehead atoms. The number of carbonyl (C=O) groups excluding carboxylic acids is 1. The van der Waals surface area contributed by atoms with Crippen LogP contribution >= 0.6 is 11.6 Å². The number of halogens is 1. The molecule has 7 nitrogen and oxygen atoms in total. The Morgan fingerprint density at radius 1 is 1.24 bits per heavy atom. The van der Waals surface area contributed by atoms with Crippen LogP contribution in [-0.2, 0) is 11.2 Å². The summed E-state index contributed by atoms with van der Waals surface area (Å²) in [6, 6.07) is 11.0. The van der Waals surface area contributed by atoms with Crippen LogP contribution in [0.1, 0.15) is 43.4 Å². The fourth-order valence-corrected chi connectivity index (χ4v) is 4.90. The average Bonchev–Trinajstić information content (AvgIpc) is 3.25. The first-order chi connectivity index (χ1) is 16.4. The number of hydrogen-bond acceptors (Lipinski definition) is 6. The summed E-state index contributed by atoms with van der Waals surface area (Å²) in [5, 5.41) is 14.9. The van der Waals surface area contributed by atoms with Gasteiger partial charge in [0, 0.05) is 19.0 Å². The molecule has 2 N–H and O–H groups in total. The van der Waals surface area contributed by atoms with Crippen molar-refractivity contribution >= 4 is 17.5 Å². The third-order valence-electron chi connectivity index (χ3n) is 6.61. The van der Waals surface area contributed by atoms with E-state index in [-0.39, 0.29) is 5.91 Å². The minimum absolute atomic E-state index is 0.111. The topological polar surface area (TPSA) is 80.3 Å². The molecule has 2 aromatic carbocycles. The lowest BCUT2D eigenvalue weighted by Crippen LogP contribution is -2.48. The smallest absolute Gasteiger partial charge is 0.220 e. The number of nitrogens with one attached hydrogen (secondary N) is 1. The fraction of sp³-hybridized carbons (Fsp3) is 0.500. The van der Waals surface area contributed by atoms with E-state index >= 15 is 0 Å². The summed E-state index contributed by atoms with van der Waals surface area (Å²) in [4.78, 5) is 15.2. The summed E-state index contributed by atoms with van der Waals surface area (Å²) in [6.45, 7) is 4.73. The highest BCUT2D eigenvalue weighted by Crippen LogP contribution is 2.34. The Hall–Kier alpha value is -2.48. The monoisotopic (exact) mass is 488 g/mol. The van der Waals surface area contributed by atoms with E-state index in [2.05, 4.69) is 17.1 Å². The van der Waals surface area contributed by atoms with Crippen molar-refractivity contribution in [3.63, 3.8) is 0 Å². The van der Waals surface area contributed by atoms with E-state index < -0.39 is 12.1 Å². The maximum Gasteiger partial charge on any atom is 0.220 e. The van der Waals surface area contributed by atoms with Gasteiger partial charge in [-0.3, -0.25) is 9.69 Å². The van der Waals surface area contributed by atoms with Crippen LogP contribution in [0, 0.1) is 0 Å². The summed E-state index contributed by atoms with van der Waals surface area (Å²) in [5.41, 5.74) is 1.65. The first-order valence-corrected chi connectivity index (χ1v) is 12.3. The van der Waals surface area contributed by atoms with Gasteiger partial charge >= 0.3 is 0 Å². The van der Waals surface area contributed by atoms with E-state index in [0.717, 1.165) is 24.9 Å². The molecule has 2 heterocycles. The minimum atomic E-state index is -0.872. The van der Waals surface area contributed by atoms with Gasteiger partial charge in [-0.05, 0) is 68.1 Å². The SMILES string of the molecule is COc1ccc(CCC(=O)N[C@H](CN2CCCC2C)[C@H](O)c2ccc3c(c2)OCCO3)cc1Cl. The number of aliphatic hydroxyl groups is 1. The Labute approximate surface area is 205 Å². The summed E-state index contributed by atoms with van der Waals surface area (Å²) in [5.74, 6) is 1.80. The Morgan fingerprint density at radius 3 is 2.74 bits per heavy atom. The number of nitrogens with zero attached hydrogens (tertiary/aromatic N) is 1. The number of fused-ring (bicyclic) bond motifs is 1. The van der Waals surface area contributed by atoms with Gasteiger partial charge in [0.2, 0.25) is 5.91 Å². The second-order valence-electron chi connectivity index (χ2n) is 8.98. The van der Waals surface area contributed by atoms with Crippen LogP contribution in [0.15, 0.2) is 36.4 Å². The van der Waals surface area contributed by atoms with Crippen molar-refractivity contribution in [3.8, 4) is 17.2 Å². The number of carbonyl (C=O) groups is 1. The molecule has 1 amide bonds. The van der Waals surface area contributed by atoms with Gasteiger partial charge in [-0.2, -0.15) is 0 Å².